The first-order valence-electron chi connectivity index (χ1n) is 7.01. The van der Waals surface area contributed by atoms with Gasteiger partial charge in [0.05, 0.1) is 5.56 Å². The molecular weight excluding hydrogens is 264 g/mol. The summed E-state index contributed by atoms with van der Waals surface area (Å²) in [5.74, 6) is -1.07. The Labute approximate surface area is 116 Å². The maximum Gasteiger partial charge on any atom is 0.335 e. The van der Waals surface area contributed by atoms with Crippen LogP contribution in [0.4, 0.5) is 14.5 Å². The van der Waals surface area contributed by atoms with Crippen molar-refractivity contribution in [2.24, 2.45) is 17.8 Å². The Kier molecular flexibility index (Phi) is 3.36. The van der Waals surface area contributed by atoms with E-state index in [2.05, 4.69) is 5.32 Å². The molecule has 20 heavy (non-hydrogen) atoms. The molecule has 0 aliphatic heterocycles. The molecule has 0 amide bonds. The molecule has 0 spiro atoms. The number of carboxylic acids is 1. The van der Waals surface area contributed by atoms with Gasteiger partial charge >= 0.3 is 5.97 Å². The van der Waals surface area contributed by atoms with E-state index < -0.39 is 17.6 Å². The molecule has 5 heteroatoms. The van der Waals surface area contributed by atoms with Gasteiger partial charge < -0.3 is 10.4 Å². The highest BCUT2D eigenvalue weighted by molar-refractivity contribution is 5.88. The normalized spacial score (nSPS) is 27.8. The lowest BCUT2D eigenvalue weighted by Gasteiger charge is -2.22. The van der Waals surface area contributed by atoms with Crippen molar-refractivity contribution in [2.45, 2.75) is 25.7 Å². The van der Waals surface area contributed by atoms with Gasteiger partial charge in [0.15, 0.2) is 0 Å². The van der Waals surface area contributed by atoms with Crippen molar-refractivity contribution in [1.82, 2.24) is 0 Å². The molecule has 2 bridgehead atoms. The van der Waals surface area contributed by atoms with E-state index in [1.807, 2.05) is 0 Å². The fourth-order valence-corrected chi connectivity index (χ4v) is 3.73. The number of halogens is 2. The van der Waals surface area contributed by atoms with Crippen molar-refractivity contribution in [3.05, 3.63) is 29.3 Å². The predicted molar refractivity (Wildman–Crippen MR) is 70.7 cm³/mol. The van der Waals surface area contributed by atoms with E-state index in [0.29, 0.717) is 18.4 Å². The number of rotatable bonds is 4. The second-order valence-corrected chi connectivity index (χ2v) is 5.94. The van der Waals surface area contributed by atoms with Crippen molar-refractivity contribution in [3.8, 4) is 0 Å². The molecule has 108 valence electrons. The van der Waals surface area contributed by atoms with E-state index in [9.17, 15) is 13.6 Å². The molecule has 2 aliphatic carbocycles. The topological polar surface area (TPSA) is 49.3 Å². The Morgan fingerprint density at radius 1 is 1.25 bits per heavy atom. The first-order chi connectivity index (χ1) is 9.54. The molecule has 3 unspecified atom stereocenters. The van der Waals surface area contributed by atoms with Gasteiger partial charge in [0.25, 0.3) is 0 Å². The summed E-state index contributed by atoms with van der Waals surface area (Å²) in [5, 5.41) is 11.6. The lowest BCUT2D eigenvalue weighted by Crippen LogP contribution is -2.21. The number of hydrogen-bond acceptors (Lipinski definition) is 2. The maximum atomic E-state index is 13.8. The quantitative estimate of drug-likeness (QED) is 0.888. The Morgan fingerprint density at radius 2 is 1.95 bits per heavy atom. The smallest absolute Gasteiger partial charge is 0.335 e. The van der Waals surface area contributed by atoms with Crippen LogP contribution in [0.5, 0.6) is 0 Å². The third-order valence-corrected chi connectivity index (χ3v) is 4.71. The van der Waals surface area contributed by atoms with E-state index in [1.165, 1.54) is 19.3 Å². The van der Waals surface area contributed by atoms with Crippen LogP contribution >= 0.6 is 0 Å². The molecule has 2 fully saturated rings. The van der Waals surface area contributed by atoms with E-state index in [1.54, 1.807) is 0 Å². The molecule has 1 aromatic rings. The molecular formula is C15H17F2NO2. The van der Waals surface area contributed by atoms with Crippen LogP contribution in [0, 0.1) is 29.4 Å². The van der Waals surface area contributed by atoms with Crippen molar-refractivity contribution >= 4 is 11.7 Å². The molecule has 0 aromatic heterocycles. The largest absolute Gasteiger partial charge is 0.478 e. The summed E-state index contributed by atoms with van der Waals surface area (Å²) in [5.41, 5.74) is -0.580. The zero-order valence-corrected chi connectivity index (χ0v) is 11.0. The van der Waals surface area contributed by atoms with Gasteiger partial charge in [-0.3, -0.25) is 0 Å². The van der Waals surface area contributed by atoms with Crippen LogP contribution in [0.3, 0.4) is 0 Å². The summed E-state index contributed by atoms with van der Waals surface area (Å²) in [4.78, 5) is 10.7. The Balaban J connectivity index is 1.70. The summed E-state index contributed by atoms with van der Waals surface area (Å²) in [6.07, 6.45) is 4.89. The number of hydrogen-bond donors (Lipinski definition) is 2. The summed E-state index contributed by atoms with van der Waals surface area (Å²) in [6, 6.07) is 1.71. The highest BCUT2D eigenvalue weighted by Crippen LogP contribution is 2.48. The first-order valence-corrected chi connectivity index (χ1v) is 7.01. The number of carboxylic acid groups (broad SMARTS) is 1. The SMILES string of the molecule is O=C(O)c1cc(F)c(NCC2CC3CCC2C3)c(F)c1. The highest BCUT2D eigenvalue weighted by atomic mass is 19.1. The van der Waals surface area contributed by atoms with E-state index in [-0.39, 0.29) is 11.3 Å². The summed E-state index contributed by atoms with van der Waals surface area (Å²) >= 11 is 0. The molecule has 3 rings (SSSR count). The maximum absolute atomic E-state index is 13.8. The van der Waals surface area contributed by atoms with Gasteiger partial charge in [-0.25, -0.2) is 13.6 Å². The van der Waals surface area contributed by atoms with E-state index >= 15 is 0 Å². The third kappa shape index (κ3) is 2.37. The van der Waals surface area contributed by atoms with Crippen LogP contribution in [0.25, 0.3) is 0 Å². The Bertz CT molecular complexity index is 524. The fourth-order valence-electron chi connectivity index (χ4n) is 3.73. The monoisotopic (exact) mass is 281 g/mol. The van der Waals surface area contributed by atoms with Gasteiger partial charge in [0, 0.05) is 6.54 Å². The summed E-state index contributed by atoms with van der Waals surface area (Å²) in [7, 11) is 0. The van der Waals surface area contributed by atoms with Gasteiger partial charge in [0.2, 0.25) is 0 Å². The lowest BCUT2D eigenvalue weighted by atomic mass is 9.89. The van der Waals surface area contributed by atoms with Crippen LogP contribution in [0.1, 0.15) is 36.0 Å². The van der Waals surface area contributed by atoms with Crippen molar-refractivity contribution in [1.29, 1.82) is 0 Å². The summed E-state index contributed by atoms with van der Waals surface area (Å²) in [6.45, 7) is 0.557. The van der Waals surface area contributed by atoms with Crippen molar-refractivity contribution < 1.29 is 18.7 Å². The Hall–Kier alpha value is -1.65. The van der Waals surface area contributed by atoms with Gasteiger partial charge in [-0.1, -0.05) is 6.42 Å². The molecule has 1 aromatic carbocycles. The van der Waals surface area contributed by atoms with E-state index in [0.717, 1.165) is 24.5 Å². The standard InChI is InChI=1S/C15H17F2NO2/c16-12-5-10(15(19)20)6-13(17)14(12)18-7-11-4-8-1-2-9(11)3-8/h5-6,8-9,11,18H,1-4,7H2,(H,19,20). The van der Waals surface area contributed by atoms with Crippen LogP contribution in [-0.2, 0) is 0 Å². The third-order valence-electron chi connectivity index (χ3n) is 4.71. The first kappa shape index (κ1) is 13.3. The van der Waals surface area contributed by atoms with E-state index in [4.69, 9.17) is 5.11 Å². The molecule has 0 heterocycles. The van der Waals surface area contributed by atoms with Crippen molar-refractivity contribution in [3.63, 3.8) is 0 Å². The molecule has 3 atom stereocenters. The van der Waals surface area contributed by atoms with Crippen LogP contribution < -0.4 is 5.32 Å². The number of fused-ring (bicyclic) bond motifs is 2. The molecule has 0 radical (unpaired) electrons. The van der Waals surface area contributed by atoms with Gasteiger partial charge in [-0.2, -0.15) is 0 Å². The summed E-state index contributed by atoms with van der Waals surface area (Å²) < 4.78 is 27.5. The molecule has 2 aliphatic rings. The fraction of sp³-hybridized carbons (Fsp3) is 0.533. The average molecular weight is 281 g/mol. The number of nitrogens with one attached hydrogen (secondary N) is 1. The van der Waals surface area contributed by atoms with Gasteiger partial charge in [-0.15, -0.1) is 0 Å². The second kappa shape index (κ2) is 5.04. The number of aromatic carboxylic acids is 1. The second-order valence-electron chi connectivity index (χ2n) is 5.94. The minimum Gasteiger partial charge on any atom is -0.478 e. The zero-order chi connectivity index (χ0) is 14.3. The number of benzene rings is 1. The number of carbonyl (C=O) groups is 1. The van der Waals surface area contributed by atoms with Gasteiger partial charge in [0.1, 0.15) is 17.3 Å². The average Bonchev–Trinajstić information content (AvgIpc) is 2.99. The van der Waals surface area contributed by atoms with Crippen molar-refractivity contribution in [2.75, 3.05) is 11.9 Å². The van der Waals surface area contributed by atoms with Gasteiger partial charge in [-0.05, 0) is 49.1 Å². The lowest BCUT2D eigenvalue weighted by molar-refractivity contribution is 0.0696. The molecule has 3 nitrogen and oxygen atoms in total. The molecule has 0 saturated heterocycles. The van der Waals surface area contributed by atoms with Crippen LogP contribution in [0.2, 0.25) is 0 Å². The number of anilines is 1. The molecule has 2 N–H and O–H groups in total. The van der Waals surface area contributed by atoms with Crippen LogP contribution in [0.15, 0.2) is 12.1 Å². The minimum atomic E-state index is -1.33. The molecule has 2 saturated carbocycles. The minimum absolute atomic E-state index is 0.210. The Morgan fingerprint density at radius 3 is 2.45 bits per heavy atom. The highest BCUT2D eigenvalue weighted by Gasteiger charge is 2.39. The predicted octanol–water partition coefficient (Wildman–Crippen LogP) is 3.51. The zero-order valence-electron chi connectivity index (χ0n) is 11.0. The van der Waals surface area contributed by atoms with Crippen LogP contribution in [-0.4, -0.2) is 17.6 Å².